The fraction of sp³-hybridized carbons (Fsp3) is 0.333. The fourth-order valence-electron chi connectivity index (χ4n) is 2.05. The van der Waals surface area contributed by atoms with Crippen LogP contribution in [0.4, 0.5) is 0 Å². The molecule has 0 unspecified atom stereocenters. The molecule has 0 bridgehead atoms. The van der Waals surface area contributed by atoms with Crippen LogP contribution in [0.1, 0.15) is 22.4 Å². The van der Waals surface area contributed by atoms with E-state index >= 15 is 0 Å². The van der Waals surface area contributed by atoms with E-state index in [2.05, 4.69) is 37.9 Å². The van der Waals surface area contributed by atoms with E-state index in [1.54, 1.807) is 0 Å². The summed E-state index contributed by atoms with van der Waals surface area (Å²) in [6.45, 7) is 6.98. The van der Waals surface area contributed by atoms with Crippen LogP contribution < -0.4 is 5.73 Å². The minimum atomic E-state index is 0.583. The average Bonchev–Trinajstić information content (AvgIpc) is 2.51. The molecule has 0 spiro atoms. The summed E-state index contributed by atoms with van der Waals surface area (Å²) in [7, 11) is 0. The van der Waals surface area contributed by atoms with Gasteiger partial charge >= 0.3 is 0 Å². The molecule has 0 atom stereocenters. The summed E-state index contributed by atoms with van der Waals surface area (Å²) >= 11 is 0. The molecule has 2 aromatic rings. The van der Waals surface area contributed by atoms with Gasteiger partial charge in [-0.2, -0.15) is 0 Å². The molecule has 2 nitrogen and oxygen atoms in total. The third-order valence-electron chi connectivity index (χ3n) is 2.93. The van der Waals surface area contributed by atoms with E-state index in [-0.39, 0.29) is 0 Å². The molecular formula is C12H16N2. The van der Waals surface area contributed by atoms with Gasteiger partial charge in [-0.3, -0.25) is 0 Å². The normalized spacial score (nSPS) is 11.1. The number of nitrogens with one attached hydrogen (secondary N) is 1. The first-order chi connectivity index (χ1) is 6.65. The maximum atomic E-state index is 5.68. The zero-order valence-corrected chi connectivity index (χ0v) is 8.94. The van der Waals surface area contributed by atoms with E-state index in [4.69, 9.17) is 5.73 Å². The lowest BCUT2D eigenvalue weighted by Gasteiger charge is -2.00. The smallest absolute Gasteiger partial charge is 0.0491 e. The van der Waals surface area contributed by atoms with Crippen molar-refractivity contribution in [3.8, 4) is 0 Å². The summed E-state index contributed by atoms with van der Waals surface area (Å²) in [6, 6.07) is 4.31. The molecule has 0 aliphatic heterocycles. The van der Waals surface area contributed by atoms with Crippen LogP contribution in [0.2, 0.25) is 0 Å². The van der Waals surface area contributed by atoms with Gasteiger partial charge in [0, 0.05) is 23.1 Å². The summed E-state index contributed by atoms with van der Waals surface area (Å²) < 4.78 is 0. The molecular weight excluding hydrogens is 172 g/mol. The van der Waals surface area contributed by atoms with Gasteiger partial charge in [0.05, 0.1) is 0 Å². The Labute approximate surface area is 84.1 Å². The fourth-order valence-corrected chi connectivity index (χ4v) is 2.05. The second kappa shape index (κ2) is 3.14. The van der Waals surface area contributed by atoms with E-state index in [0.29, 0.717) is 6.54 Å². The van der Waals surface area contributed by atoms with Crippen LogP contribution in [0.15, 0.2) is 12.1 Å². The van der Waals surface area contributed by atoms with Crippen molar-refractivity contribution in [2.24, 2.45) is 5.73 Å². The Kier molecular flexibility index (Phi) is 2.08. The van der Waals surface area contributed by atoms with Crippen LogP contribution in [0.3, 0.4) is 0 Å². The predicted octanol–water partition coefficient (Wildman–Crippen LogP) is 2.55. The molecule has 0 radical (unpaired) electrons. The van der Waals surface area contributed by atoms with E-state index in [1.165, 1.54) is 27.6 Å². The van der Waals surface area contributed by atoms with Crippen LogP contribution >= 0.6 is 0 Å². The molecule has 3 N–H and O–H groups in total. The number of fused-ring (bicyclic) bond motifs is 1. The summed E-state index contributed by atoms with van der Waals surface area (Å²) in [5, 5.41) is 1.34. The van der Waals surface area contributed by atoms with Crippen molar-refractivity contribution >= 4 is 10.9 Å². The molecule has 2 heteroatoms. The van der Waals surface area contributed by atoms with Crippen LogP contribution in [0.25, 0.3) is 10.9 Å². The zero-order valence-electron chi connectivity index (χ0n) is 8.94. The standard InChI is InChI=1S/C12H16N2/c1-7-4-5-8(2)12-11(7)9(3)10(6-13)14-12/h4-5,14H,6,13H2,1-3H3. The summed E-state index contributed by atoms with van der Waals surface area (Å²) in [5.41, 5.74) is 12.0. The molecule has 0 fully saturated rings. The third-order valence-corrected chi connectivity index (χ3v) is 2.93. The molecule has 1 heterocycles. The lowest BCUT2D eigenvalue weighted by atomic mass is 10.0. The summed E-state index contributed by atoms with van der Waals surface area (Å²) in [6.07, 6.45) is 0. The third kappa shape index (κ3) is 1.15. The van der Waals surface area contributed by atoms with Crippen molar-refractivity contribution in [2.75, 3.05) is 0 Å². The van der Waals surface area contributed by atoms with E-state index in [9.17, 15) is 0 Å². The second-order valence-corrected chi connectivity index (χ2v) is 3.88. The molecule has 14 heavy (non-hydrogen) atoms. The van der Waals surface area contributed by atoms with Crippen molar-refractivity contribution in [3.05, 3.63) is 34.5 Å². The minimum absolute atomic E-state index is 0.583. The van der Waals surface area contributed by atoms with E-state index in [1.807, 2.05) is 0 Å². The topological polar surface area (TPSA) is 41.8 Å². The Hall–Kier alpha value is -1.28. The zero-order chi connectivity index (χ0) is 10.3. The number of aryl methyl sites for hydroxylation is 3. The highest BCUT2D eigenvalue weighted by Gasteiger charge is 2.09. The number of nitrogens with two attached hydrogens (primary N) is 1. The van der Waals surface area contributed by atoms with E-state index < -0.39 is 0 Å². The lowest BCUT2D eigenvalue weighted by molar-refractivity contribution is 1.00. The number of rotatable bonds is 1. The quantitative estimate of drug-likeness (QED) is 0.709. The molecule has 2 rings (SSSR count). The van der Waals surface area contributed by atoms with Gasteiger partial charge in [0.15, 0.2) is 0 Å². The van der Waals surface area contributed by atoms with Gasteiger partial charge in [-0.25, -0.2) is 0 Å². The molecule has 0 aliphatic carbocycles. The van der Waals surface area contributed by atoms with Crippen LogP contribution in [0.5, 0.6) is 0 Å². The predicted molar refractivity (Wildman–Crippen MR) is 60.4 cm³/mol. The largest absolute Gasteiger partial charge is 0.357 e. The highest BCUT2D eigenvalue weighted by molar-refractivity contribution is 5.89. The van der Waals surface area contributed by atoms with Gasteiger partial charge in [-0.05, 0) is 37.5 Å². The molecule has 0 aliphatic rings. The number of H-pyrrole nitrogens is 1. The SMILES string of the molecule is Cc1ccc(C)c2c(C)c(CN)[nH]c12. The van der Waals surface area contributed by atoms with Crippen LogP contribution in [-0.4, -0.2) is 4.98 Å². The highest BCUT2D eigenvalue weighted by atomic mass is 14.8. The lowest BCUT2D eigenvalue weighted by Crippen LogP contribution is -1.97. The Morgan fingerprint density at radius 2 is 1.79 bits per heavy atom. The second-order valence-electron chi connectivity index (χ2n) is 3.88. The number of aromatic amines is 1. The number of aromatic nitrogens is 1. The van der Waals surface area contributed by atoms with Crippen molar-refractivity contribution < 1.29 is 0 Å². The summed E-state index contributed by atoms with van der Waals surface area (Å²) in [5.74, 6) is 0. The maximum Gasteiger partial charge on any atom is 0.0491 e. The molecule has 1 aromatic heterocycles. The Balaban J connectivity index is 2.90. The van der Waals surface area contributed by atoms with Gasteiger partial charge in [-0.1, -0.05) is 12.1 Å². The Morgan fingerprint density at radius 1 is 1.14 bits per heavy atom. The molecule has 74 valence electrons. The van der Waals surface area contributed by atoms with Crippen molar-refractivity contribution in [2.45, 2.75) is 27.3 Å². The first kappa shape index (κ1) is 9.28. The number of benzene rings is 1. The minimum Gasteiger partial charge on any atom is -0.357 e. The van der Waals surface area contributed by atoms with Crippen molar-refractivity contribution in [3.63, 3.8) is 0 Å². The van der Waals surface area contributed by atoms with Crippen LogP contribution in [-0.2, 0) is 6.54 Å². The van der Waals surface area contributed by atoms with Gasteiger partial charge < -0.3 is 10.7 Å². The van der Waals surface area contributed by atoms with Gasteiger partial charge in [-0.15, -0.1) is 0 Å². The number of hydrogen-bond donors (Lipinski definition) is 2. The van der Waals surface area contributed by atoms with Gasteiger partial charge in [0.1, 0.15) is 0 Å². The first-order valence-corrected chi connectivity index (χ1v) is 4.92. The molecule has 0 amide bonds. The summed E-state index contributed by atoms with van der Waals surface area (Å²) in [4.78, 5) is 3.40. The molecule has 1 aromatic carbocycles. The molecule has 0 saturated carbocycles. The highest BCUT2D eigenvalue weighted by Crippen LogP contribution is 2.27. The number of hydrogen-bond acceptors (Lipinski definition) is 1. The van der Waals surface area contributed by atoms with Crippen LogP contribution in [0, 0.1) is 20.8 Å². The monoisotopic (exact) mass is 188 g/mol. The molecule has 0 saturated heterocycles. The Bertz CT molecular complexity index is 481. The Morgan fingerprint density at radius 3 is 2.36 bits per heavy atom. The van der Waals surface area contributed by atoms with E-state index in [0.717, 1.165) is 5.69 Å². The van der Waals surface area contributed by atoms with Gasteiger partial charge in [0.25, 0.3) is 0 Å². The van der Waals surface area contributed by atoms with Crippen molar-refractivity contribution in [1.82, 2.24) is 4.98 Å². The first-order valence-electron chi connectivity index (χ1n) is 4.92. The van der Waals surface area contributed by atoms with Crippen molar-refractivity contribution in [1.29, 1.82) is 0 Å². The van der Waals surface area contributed by atoms with Gasteiger partial charge in [0.2, 0.25) is 0 Å². The maximum absolute atomic E-state index is 5.68. The average molecular weight is 188 g/mol.